The lowest BCUT2D eigenvalue weighted by Gasteiger charge is -2.29. The SMILES string of the molecule is C1=CC2C(C3=CCCC=C3)=CC=C(Cc3ccc(CC4CCC(c5ccccc5)CC4)cc3)C2=C1.C1=CC2C(C3=CCCC=C3)=CC=C(Cc3ccc(CCCC4CC4)cc3)C2=C1.C1=CC2C(C3=CCCC=C3)=CC=C(Cc3ccc(CCCC4CCCC4)cc3)C2=C1. The normalized spacial score (nSPS) is 24.0. The van der Waals surface area contributed by atoms with Gasteiger partial charge < -0.3 is 0 Å². The molecule has 12 aliphatic carbocycles. The predicted octanol–water partition coefficient (Wildman–Crippen LogP) is 24.2. The molecule has 0 N–H and O–H groups in total. The molecule has 0 amide bonds. The van der Waals surface area contributed by atoms with Crippen molar-refractivity contribution >= 4 is 0 Å². The third kappa shape index (κ3) is 16.2. The second-order valence-corrected chi connectivity index (χ2v) is 29.0. The molecular formula is C93H100. The van der Waals surface area contributed by atoms with Crippen LogP contribution in [-0.2, 0) is 38.5 Å². The molecule has 3 atom stereocenters. The molecule has 472 valence electrons. The summed E-state index contributed by atoms with van der Waals surface area (Å²) in [5, 5.41) is 0. The number of hydrogen-bond donors (Lipinski definition) is 0. The van der Waals surface area contributed by atoms with Crippen LogP contribution in [0.15, 0.2) is 316 Å². The van der Waals surface area contributed by atoms with Crippen LogP contribution >= 0.6 is 0 Å². The highest BCUT2D eigenvalue weighted by molar-refractivity contribution is 5.63. The first kappa shape index (κ1) is 62.6. The highest BCUT2D eigenvalue weighted by Crippen LogP contribution is 2.45. The van der Waals surface area contributed by atoms with Crippen molar-refractivity contribution in [1.29, 1.82) is 0 Å². The molecule has 0 heterocycles. The van der Waals surface area contributed by atoms with Gasteiger partial charge in [0.25, 0.3) is 0 Å². The van der Waals surface area contributed by atoms with Crippen LogP contribution in [0.4, 0.5) is 0 Å². The van der Waals surface area contributed by atoms with Gasteiger partial charge in [-0.1, -0.05) is 300 Å². The molecule has 0 heteroatoms. The molecule has 0 saturated heterocycles. The van der Waals surface area contributed by atoms with Crippen LogP contribution in [0.25, 0.3) is 0 Å². The van der Waals surface area contributed by atoms with Gasteiger partial charge in [0.05, 0.1) is 0 Å². The number of benzene rings is 4. The zero-order chi connectivity index (χ0) is 62.4. The highest BCUT2D eigenvalue weighted by atomic mass is 14.3. The number of fused-ring (bicyclic) bond motifs is 3. The minimum atomic E-state index is 0.425. The second kappa shape index (κ2) is 31.0. The lowest BCUT2D eigenvalue weighted by atomic mass is 9.76. The van der Waals surface area contributed by atoms with Gasteiger partial charge in [-0.2, -0.15) is 0 Å². The van der Waals surface area contributed by atoms with Crippen molar-refractivity contribution in [2.24, 2.45) is 35.5 Å². The van der Waals surface area contributed by atoms with Gasteiger partial charge in [-0.05, 0) is 245 Å². The van der Waals surface area contributed by atoms with E-state index in [1.54, 1.807) is 0 Å². The number of allylic oxidation sites excluding steroid dienone is 36. The van der Waals surface area contributed by atoms with Crippen LogP contribution < -0.4 is 0 Å². The van der Waals surface area contributed by atoms with Crippen molar-refractivity contribution in [2.75, 3.05) is 0 Å². The third-order valence-corrected chi connectivity index (χ3v) is 22.5. The van der Waals surface area contributed by atoms with E-state index in [0.29, 0.717) is 17.8 Å². The Morgan fingerprint density at radius 2 is 0.688 bits per heavy atom. The molecule has 0 spiro atoms. The standard InChI is InChI=1S/C35H36.C30H34.C28H30/c1-3-8-29(9-4-1)30-20-18-27(19-21-30)24-26-14-16-28(17-15-26)25-32-22-23-34(31-10-5-2-6-11-31)35-13-7-12-33(32)35;1-2-12-26(13-3-1)29-21-20-27(28-14-7-15-30(28)29)22-25-18-16-24(17-19-25)11-6-10-23-8-4-5-9-23;1-2-8-24(9-3-1)27-19-18-25(26-10-5-11-28(26)27)20-23-16-14-22(15-17-23)7-4-6-21-12-13-21/h1,3-5,7-17,22-23,27,30,35H,2,6,18-21,24-25H2;2,7,12-21,23,30H,1,3-6,8-11,22H2;2,5,8-11,14-19,21,28H,1,3-4,6-7,12-13,20H2. The van der Waals surface area contributed by atoms with Crippen molar-refractivity contribution in [3.05, 3.63) is 355 Å². The average Bonchev–Trinajstić information content (AvgIpc) is 1.91. The Labute approximate surface area is 559 Å². The first-order chi connectivity index (χ1) is 46.1. The quantitative estimate of drug-likeness (QED) is 0.0827. The zero-order valence-electron chi connectivity index (χ0n) is 55.6. The summed E-state index contributed by atoms with van der Waals surface area (Å²) in [5.74, 6) is 4.97. The van der Waals surface area contributed by atoms with Gasteiger partial charge >= 0.3 is 0 Å². The summed E-state index contributed by atoms with van der Waals surface area (Å²) in [6.07, 6.45) is 89.7. The summed E-state index contributed by atoms with van der Waals surface area (Å²) in [7, 11) is 0. The van der Waals surface area contributed by atoms with E-state index in [4.69, 9.17) is 0 Å². The van der Waals surface area contributed by atoms with Crippen molar-refractivity contribution in [2.45, 2.75) is 173 Å². The topological polar surface area (TPSA) is 0 Å². The fourth-order valence-electron chi connectivity index (χ4n) is 16.9. The van der Waals surface area contributed by atoms with Crippen LogP contribution in [0.3, 0.4) is 0 Å². The Bertz CT molecular complexity index is 3870. The van der Waals surface area contributed by atoms with Gasteiger partial charge in [-0.3, -0.25) is 0 Å². The van der Waals surface area contributed by atoms with Gasteiger partial charge in [-0.15, -0.1) is 0 Å². The first-order valence-corrected chi connectivity index (χ1v) is 36.8. The van der Waals surface area contributed by atoms with Crippen LogP contribution in [0.5, 0.6) is 0 Å². The lowest BCUT2D eigenvalue weighted by molar-refractivity contribution is 0.324. The molecule has 16 rings (SSSR count). The molecule has 93 heavy (non-hydrogen) atoms. The third-order valence-electron chi connectivity index (χ3n) is 22.5. The summed E-state index contributed by atoms with van der Waals surface area (Å²) in [6, 6.07) is 39.5. The van der Waals surface area contributed by atoms with E-state index in [9.17, 15) is 0 Å². The number of rotatable bonds is 20. The van der Waals surface area contributed by atoms with Gasteiger partial charge in [-0.25, -0.2) is 0 Å². The summed E-state index contributed by atoms with van der Waals surface area (Å²) < 4.78 is 0. The van der Waals surface area contributed by atoms with Crippen molar-refractivity contribution < 1.29 is 0 Å². The molecule has 0 radical (unpaired) electrons. The maximum atomic E-state index is 2.40. The van der Waals surface area contributed by atoms with Crippen LogP contribution in [0.2, 0.25) is 0 Å². The van der Waals surface area contributed by atoms with Crippen LogP contribution in [0.1, 0.15) is 173 Å². The van der Waals surface area contributed by atoms with Gasteiger partial charge in [0.1, 0.15) is 0 Å². The predicted molar refractivity (Wildman–Crippen MR) is 396 cm³/mol. The van der Waals surface area contributed by atoms with Crippen molar-refractivity contribution in [1.82, 2.24) is 0 Å². The molecule has 3 saturated carbocycles. The fourth-order valence-corrected chi connectivity index (χ4v) is 16.9. The van der Waals surface area contributed by atoms with Gasteiger partial charge in [0, 0.05) is 17.8 Å². The minimum Gasteiger partial charge on any atom is -0.0836 e. The zero-order valence-corrected chi connectivity index (χ0v) is 55.6. The molecular weight excluding hydrogens is 1120 g/mol. The molecule has 3 unspecified atom stereocenters. The average molecular weight is 1220 g/mol. The van der Waals surface area contributed by atoms with Crippen molar-refractivity contribution in [3.8, 4) is 0 Å². The van der Waals surface area contributed by atoms with E-state index in [2.05, 4.69) is 249 Å². The monoisotopic (exact) mass is 1220 g/mol. The second-order valence-electron chi connectivity index (χ2n) is 29.0. The van der Waals surface area contributed by atoms with Crippen LogP contribution in [-0.4, -0.2) is 0 Å². The van der Waals surface area contributed by atoms with E-state index in [1.165, 1.54) is 247 Å². The molecule has 0 aromatic heterocycles. The van der Waals surface area contributed by atoms with E-state index >= 15 is 0 Å². The maximum Gasteiger partial charge on any atom is 0.0281 e. The van der Waals surface area contributed by atoms with Crippen LogP contribution in [0, 0.1) is 35.5 Å². The molecule has 0 bridgehead atoms. The Morgan fingerprint density at radius 1 is 0.312 bits per heavy atom. The molecule has 3 fully saturated rings. The first-order valence-electron chi connectivity index (χ1n) is 36.8. The van der Waals surface area contributed by atoms with Gasteiger partial charge in [0.2, 0.25) is 0 Å². The number of hydrogen-bond acceptors (Lipinski definition) is 0. The highest BCUT2D eigenvalue weighted by Gasteiger charge is 2.30. The van der Waals surface area contributed by atoms with E-state index in [0.717, 1.165) is 49.4 Å². The molecule has 4 aromatic rings. The Kier molecular flexibility index (Phi) is 20.9. The molecule has 0 aliphatic heterocycles. The largest absolute Gasteiger partial charge is 0.0836 e. The summed E-state index contributed by atoms with van der Waals surface area (Å²) in [6.45, 7) is 0. The summed E-state index contributed by atoms with van der Waals surface area (Å²) in [4.78, 5) is 0. The smallest absolute Gasteiger partial charge is 0.0281 e. The van der Waals surface area contributed by atoms with E-state index in [1.807, 2.05) is 0 Å². The Hall–Kier alpha value is -7.80. The maximum absolute atomic E-state index is 2.40. The lowest BCUT2D eigenvalue weighted by Crippen LogP contribution is -2.15. The molecule has 0 nitrogen and oxygen atoms in total. The fraction of sp³-hybridized carbons (Fsp3) is 0.355. The van der Waals surface area contributed by atoms with Crippen molar-refractivity contribution in [3.63, 3.8) is 0 Å². The Balaban J connectivity index is 0.000000122. The van der Waals surface area contributed by atoms with Gasteiger partial charge in [0.15, 0.2) is 0 Å². The molecule has 12 aliphatic rings. The summed E-state index contributed by atoms with van der Waals surface area (Å²) >= 11 is 0. The molecule has 4 aromatic carbocycles. The minimum absolute atomic E-state index is 0.425. The van der Waals surface area contributed by atoms with E-state index in [-0.39, 0.29) is 0 Å². The summed E-state index contributed by atoms with van der Waals surface area (Å²) in [5.41, 5.74) is 27.9. The Morgan fingerprint density at radius 3 is 1.08 bits per heavy atom. The van der Waals surface area contributed by atoms with E-state index < -0.39 is 0 Å². The number of aryl methyl sites for hydroxylation is 2.